The summed E-state index contributed by atoms with van der Waals surface area (Å²) >= 11 is 1.40. The monoisotopic (exact) mass is 355 g/mol. The lowest BCUT2D eigenvalue weighted by Gasteiger charge is -2.06. The normalized spacial score (nSPS) is 9.83. The highest BCUT2D eigenvalue weighted by Gasteiger charge is 2.12. The minimum absolute atomic E-state index is 0. The number of carbonyl (C=O) groups excluding carboxylic acids is 2. The summed E-state index contributed by atoms with van der Waals surface area (Å²) in [5, 5.41) is 5.23. The topological polar surface area (TPSA) is 94.3 Å². The molecule has 3 N–H and O–H groups in total. The Morgan fingerprint density at radius 1 is 1.39 bits per heavy atom. The first-order valence-electron chi connectivity index (χ1n) is 6.87. The minimum Gasteiger partial charge on any atom is -0.462 e. The fraction of sp³-hybridized carbons (Fsp3) is 0.267. The summed E-state index contributed by atoms with van der Waals surface area (Å²) in [7, 11) is 0. The first-order chi connectivity index (χ1) is 10.6. The highest BCUT2D eigenvalue weighted by Crippen LogP contribution is 2.15. The van der Waals surface area contributed by atoms with E-state index in [0.717, 1.165) is 5.01 Å². The molecule has 2 rings (SSSR count). The molecular formula is C15H18ClN3O3S. The second kappa shape index (κ2) is 9.24. The molecule has 0 fully saturated rings. The van der Waals surface area contributed by atoms with Gasteiger partial charge in [0.1, 0.15) is 5.69 Å². The highest BCUT2D eigenvalue weighted by atomic mass is 35.5. The molecule has 2 aromatic rings. The van der Waals surface area contributed by atoms with Gasteiger partial charge in [0.25, 0.3) is 5.91 Å². The molecule has 0 atom stereocenters. The largest absolute Gasteiger partial charge is 0.462 e. The van der Waals surface area contributed by atoms with Crippen molar-refractivity contribution in [3.05, 3.63) is 45.9 Å². The second-order valence-electron chi connectivity index (χ2n) is 4.42. The lowest BCUT2D eigenvalue weighted by Crippen LogP contribution is -2.13. The Balaban J connectivity index is 0.00000264. The summed E-state index contributed by atoms with van der Waals surface area (Å²) in [6.45, 7) is 2.54. The number of benzene rings is 1. The van der Waals surface area contributed by atoms with Crippen molar-refractivity contribution >= 4 is 41.3 Å². The number of esters is 1. The molecule has 23 heavy (non-hydrogen) atoms. The van der Waals surface area contributed by atoms with E-state index in [1.54, 1.807) is 36.6 Å². The Morgan fingerprint density at radius 3 is 2.87 bits per heavy atom. The number of aromatic nitrogens is 1. The lowest BCUT2D eigenvalue weighted by molar-refractivity contribution is 0.0526. The molecule has 0 aliphatic carbocycles. The Kier molecular flexibility index (Phi) is 7.67. The number of rotatable bonds is 6. The van der Waals surface area contributed by atoms with E-state index in [4.69, 9.17) is 10.5 Å². The summed E-state index contributed by atoms with van der Waals surface area (Å²) < 4.78 is 4.93. The number of nitrogens with one attached hydrogen (secondary N) is 1. The zero-order chi connectivity index (χ0) is 15.9. The van der Waals surface area contributed by atoms with Crippen LogP contribution >= 0.6 is 23.7 Å². The first kappa shape index (κ1) is 19.1. The van der Waals surface area contributed by atoms with Crippen LogP contribution in [-0.4, -0.2) is 30.0 Å². The fourth-order valence-electron chi connectivity index (χ4n) is 1.79. The van der Waals surface area contributed by atoms with E-state index in [9.17, 15) is 9.59 Å². The van der Waals surface area contributed by atoms with Crippen molar-refractivity contribution in [3.8, 4) is 0 Å². The number of ether oxygens (including phenoxy) is 1. The van der Waals surface area contributed by atoms with Gasteiger partial charge in [-0.15, -0.1) is 23.7 Å². The van der Waals surface area contributed by atoms with Gasteiger partial charge in [-0.1, -0.05) is 6.07 Å². The van der Waals surface area contributed by atoms with Crippen LogP contribution in [0.5, 0.6) is 0 Å². The van der Waals surface area contributed by atoms with Crippen molar-refractivity contribution in [2.75, 3.05) is 18.5 Å². The number of thiazole rings is 1. The van der Waals surface area contributed by atoms with Gasteiger partial charge in [0.15, 0.2) is 0 Å². The third-order valence-corrected chi connectivity index (χ3v) is 3.68. The molecule has 1 aromatic carbocycles. The van der Waals surface area contributed by atoms with Gasteiger partial charge in [0, 0.05) is 17.5 Å². The van der Waals surface area contributed by atoms with E-state index in [1.807, 2.05) is 0 Å². The summed E-state index contributed by atoms with van der Waals surface area (Å²) in [5.74, 6) is -0.738. The smallest absolute Gasteiger partial charge is 0.338 e. The average Bonchev–Trinajstić information content (AvgIpc) is 2.97. The first-order valence-corrected chi connectivity index (χ1v) is 7.75. The zero-order valence-corrected chi connectivity index (χ0v) is 14.2. The molecule has 0 bridgehead atoms. The summed E-state index contributed by atoms with van der Waals surface area (Å²) in [6, 6.07) is 6.59. The second-order valence-corrected chi connectivity index (χ2v) is 5.36. The number of carbonyl (C=O) groups is 2. The van der Waals surface area contributed by atoms with Crippen LogP contribution in [0.4, 0.5) is 5.69 Å². The van der Waals surface area contributed by atoms with E-state index in [1.165, 1.54) is 11.3 Å². The van der Waals surface area contributed by atoms with Crippen LogP contribution in [0.3, 0.4) is 0 Å². The van der Waals surface area contributed by atoms with Gasteiger partial charge in [-0.25, -0.2) is 9.78 Å². The Labute approximate surface area is 144 Å². The van der Waals surface area contributed by atoms with Crippen molar-refractivity contribution in [2.24, 2.45) is 5.73 Å². The Bertz CT molecular complexity index is 675. The lowest BCUT2D eigenvalue weighted by atomic mass is 10.2. The van der Waals surface area contributed by atoms with Crippen LogP contribution in [0.25, 0.3) is 0 Å². The molecule has 0 saturated carbocycles. The Hall–Kier alpha value is -1.96. The highest BCUT2D eigenvalue weighted by molar-refractivity contribution is 7.09. The van der Waals surface area contributed by atoms with E-state index >= 15 is 0 Å². The minimum atomic E-state index is -0.419. The Morgan fingerprint density at radius 2 is 2.17 bits per heavy atom. The number of nitrogens with zero attached hydrogens (tertiary/aromatic N) is 1. The van der Waals surface area contributed by atoms with Gasteiger partial charge in [-0.3, -0.25) is 4.79 Å². The van der Waals surface area contributed by atoms with E-state index in [2.05, 4.69) is 10.3 Å². The van der Waals surface area contributed by atoms with Crippen molar-refractivity contribution in [3.63, 3.8) is 0 Å². The maximum Gasteiger partial charge on any atom is 0.338 e. The third kappa shape index (κ3) is 5.31. The average molecular weight is 356 g/mol. The van der Waals surface area contributed by atoms with Crippen molar-refractivity contribution in [1.82, 2.24) is 4.98 Å². The van der Waals surface area contributed by atoms with Crippen LogP contribution in [-0.2, 0) is 11.2 Å². The molecule has 0 saturated heterocycles. The summed E-state index contributed by atoms with van der Waals surface area (Å²) in [4.78, 5) is 28.0. The quantitative estimate of drug-likeness (QED) is 0.776. The van der Waals surface area contributed by atoms with Gasteiger partial charge in [0.2, 0.25) is 0 Å². The SMILES string of the molecule is CCOC(=O)c1cccc(NC(=O)c2csc(CCN)n2)c1.Cl. The molecule has 0 radical (unpaired) electrons. The number of anilines is 1. The van der Waals surface area contributed by atoms with Gasteiger partial charge < -0.3 is 15.8 Å². The molecule has 1 aromatic heterocycles. The molecule has 124 valence electrons. The molecule has 0 aliphatic heterocycles. The van der Waals surface area contributed by atoms with E-state index < -0.39 is 5.97 Å². The molecular weight excluding hydrogens is 338 g/mol. The van der Waals surface area contributed by atoms with E-state index in [0.29, 0.717) is 36.5 Å². The fourth-order valence-corrected chi connectivity index (χ4v) is 2.58. The number of hydrogen-bond donors (Lipinski definition) is 2. The molecule has 8 heteroatoms. The van der Waals surface area contributed by atoms with Crippen molar-refractivity contribution < 1.29 is 14.3 Å². The van der Waals surface area contributed by atoms with Crippen LogP contribution in [0, 0.1) is 0 Å². The van der Waals surface area contributed by atoms with Gasteiger partial charge in [-0.2, -0.15) is 0 Å². The third-order valence-electron chi connectivity index (χ3n) is 2.77. The molecule has 0 aliphatic rings. The number of hydrogen-bond acceptors (Lipinski definition) is 6. The number of nitrogens with two attached hydrogens (primary N) is 1. The van der Waals surface area contributed by atoms with Crippen molar-refractivity contribution in [2.45, 2.75) is 13.3 Å². The van der Waals surface area contributed by atoms with Crippen LogP contribution in [0.1, 0.15) is 32.8 Å². The maximum atomic E-state index is 12.1. The molecule has 1 heterocycles. The van der Waals surface area contributed by atoms with Crippen LogP contribution < -0.4 is 11.1 Å². The van der Waals surface area contributed by atoms with Gasteiger partial charge in [-0.05, 0) is 31.7 Å². The van der Waals surface area contributed by atoms with Crippen LogP contribution in [0.2, 0.25) is 0 Å². The molecule has 0 unspecified atom stereocenters. The van der Waals surface area contributed by atoms with Gasteiger partial charge in [0.05, 0.1) is 17.2 Å². The number of amides is 1. The maximum absolute atomic E-state index is 12.1. The van der Waals surface area contributed by atoms with E-state index in [-0.39, 0.29) is 18.3 Å². The standard InChI is InChI=1S/C15H17N3O3S.ClH/c1-2-21-15(20)10-4-3-5-11(8-10)17-14(19)12-9-22-13(18-12)6-7-16;/h3-5,8-9H,2,6-7,16H2,1H3,(H,17,19);1H. The summed E-state index contributed by atoms with van der Waals surface area (Å²) in [5.41, 5.74) is 6.71. The van der Waals surface area contributed by atoms with Crippen molar-refractivity contribution in [1.29, 1.82) is 0 Å². The predicted molar refractivity (Wildman–Crippen MR) is 92.5 cm³/mol. The van der Waals surface area contributed by atoms with Crippen LogP contribution in [0.15, 0.2) is 29.6 Å². The molecule has 6 nitrogen and oxygen atoms in total. The molecule has 0 spiro atoms. The number of halogens is 1. The summed E-state index contributed by atoms with van der Waals surface area (Å²) in [6.07, 6.45) is 0.649. The molecule has 1 amide bonds. The predicted octanol–water partition coefficient (Wildman–Crippen LogP) is 2.50. The zero-order valence-electron chi connectivity index (χ0n) is 12.6. The van der Waals surface area contributed by atoms with Gasteiger partial charge >= 0.3 is 5.97 Å².